The third kappa shape index (κ3) is 4.80. The van der Waals surface area contributed by atoms with Crippen LogP contribution in [-0.4, -0.2) is 52.8 Å². The Balaban J connectivity index is 1.26. The average molecular weight is 464 g/mol. The first-order valence-corrected chi connectivity index (χ1v) is 12.2. The number of carbonyl (C=O) groups excluding carboxylic acids is 2. The van der Waals surface area contributed by atoms with Crippen molar-refractivity contribution in [3.05, 3.63) is 102 Å². The molecule has 4 aromatic rings. The molecule has 1 fully saturated rings. The molecule has 176 valence electrons. The van der Waals surface area contributed by atoms with Gasteiger partial charge in [0, 0.05) is 48.9 Å². The van der Waals surface area contributed by atoms with Crippen molar-refractivity contribution < 1.29 is 9.59 Å². The van der Waals surface area contributed by atoms with E-state index in [1.54, 1.807) is 6.20 Å². The molecule has 5 rings (SSSR count). The van der Waals surface area contributed by atoms with Crippen LogP contribution >= 0.6 is 0 Å². The highest BCUT2D eigenvalue weighted by molar-refractivity contribution is 5.97. The molecule has 1 aliphatic rings. The molecule has 1 saturated heterocycles. The Morgan fingerprint density at radius 2 is 1.49 bits per heavy atom. The summed E-state index contributed by atoms with van der Waals surface area (Å²) in [6.45, 7) is 4.38. The molecular weight excluding hydrogens is 434 g/mol. The molecule has 0 saturated carbocycles. The van der Waals surface area contributed by atoms with Crippen LogP contribution in [0.2, 0.25) is 0 Å². The lowest BCUT2D eigenvalue weighted by atomic mass is 10.00. The van der Waals surface area contributed by atoms with Gasteiger partial charge in [0.1, 0.15) is 0 Å². The summed E-state index contributed by atoms with van der Waals surface area (Å²) in [6.07, 6.45) is 2.58. The summed E-state index contributed by atoms with van der Waals surface area (Å²) in [4.78, 5) is 34.7. The lowest BCUT2D eigenvalue weighted by Crippen LogP contribution is -2.39. The van der Waals surface area contributed by atoms with Gasteiger partial charge in [-0.15, -0.1) is 0 Å². The van der Waals surface area contributed by atoms with Crippen molar-refractivity contribution >= 4 is 22.7 Å². The molecule has 0 spiro atoms. The molecule has 2 amide bonds. The first kappa shape index (κ1) is 22.8. The van der Waals surface area contributed by atoms with Crippen molar-refractivity contribution in [1.29, 1.82) is 0 Å². The van der Waals surface area contributed by atoms with Crippen LogP contribution in [0.25, 0.3) is 22.0 Å². The van der Waals surface area contributed by atoms with E-state index in [-0.39, 0.29) is 17.7 Å². The number of rotatable bonds is 4. The summed E-state index contributed by atoms with van der Waals surface area (Å²) in [7, 11) is 0. The van der Waals surface area contributed by atoms with Gasteiger partial charge in [0.25, 0.3) is 5.91 Å². The van der Waals surface area contributed by atoms with Gasteiger partial charge in [-0.2, -0.15) is 0 Å². The van der Waals surface area contributed by atoms with Gasteiger partial charge < -0.3 is 9.80 Å². The molecule has 35 heavy (non-hydrogen) atoms. The van der Waals surface area contributed by atoms with E-state index in [9.17, 15) is 9.59 Å². The second-order valence-corrected chi connectivity index (χ2v) is 9.06. The number of hydrogen-bond acceptors (Lipinski definition) is 3. The molecule has 0 N–H and O–H groups in total. The van der Waals surface area contributed by atoms with E-state index in [2.05, 4.69) is 23.2 Å². The van der Waals surface area contributed by atoms with Gasteiger partial charge in [0.2, 0.25) is 5.91 Å². The quantitative estimate of drug-likeness (QED) is 0.408. The van der Waals surface area contributed by atoms with Crippen LogP contribution in [0.3, 0.4) is 0 Å². The number of pyridine rings is 1. The van der Waals surface area contributed by atoms with E-state index in [0.717, 1.165) is 34.0 Å². The predicted octanol–water partition coefficient (Wildman–Crippen LogP) is 5.38. The van der Waals surface area contributed by atoms with Gasteiger partial charge in [-0.3, -0.25) is 14.6 Å². The molecule has 1 aromatic heterocycles. The van der Waals surface area contributed by atoms with Crippen LogP contribution in [0.15, 0.2) is 91.1 Å². The summed E-state index contributed by atoms with van der Waals surface area (Å²) in [5.41, 5.74) is 4.73. The highest BCUT2D eigenvalue weighted by Gasteiger charge is 2.26. The number of amides is 2. The van der Waals surface area contributed by atoms with E-state index in [0.29, 0.717) is 31.7 Å². The Bertz CT molecular complexity index is 1330. The van der Waals surface area contributed by atoms with Crippen molar-refractivity contribution in [2.75, 3.05) is 26.2 Å². The number of carbonyl (C=O) groups is 2. The fraction of sp³-hybridized carbons (Fsp3) is 0.233. The molecule has 1 unspecified atom stereocenters. The maximum Gasteiger partial charge on any atom is 0.253 e. The third-order valence-electron chi connectivity index (χ3n) is 6.84. The van der Waals surface area contributed by atoms with Crippen LogP contribution in [0, 0.1) is 0 Å². The van der Waals surface area contributed by atoms with Crippen molar-refractivity contribution in [1.82, 2.24) is 14.8 Å². The zero-order valence-electron chi connectivity index (χ0n) is 19.9. The molecule has 5 heteroatoms. The molecule has 1 atom stereocenters. The molecule has 0 aliphatic carbocycles. The second-order valence-electron chi connectivity index (χ2n) is 9.06. The van der Waals surface area contributed by atoms with Crippen LogP contribution in [-0.2, 0) is 4.79 Å². The lowest BCUT2D eigenvalue weighted by Gasteiger charge is -2.25. The summed E-state index contributed by atoms with van der Waals surface area (Å²) >= 11 is 0. The summed E-state index contributed by atoms with van der Waals surface area (Å²) in [5.74, 6) is -0.0499. The number of hydrogen-bond donors (Lipinski definition) is 0. The highest BCUT2D eigenvalue weighted by atomic mass is 16.2. The predicted molar refractivity (Wildman–Crippen MR) is 139 cm³/mol. The molecule has 1 aliphatic heterocycles. The number of para-hydroxylation sites is 1. The first-order chi connectivity index (χ1) is 17.1. The number of benzene rings is 3. The SMILES string of the molecule is CC(C(=O)N1CCCN(C(=O)c2ccc(-c3cccc4cccnc34)cc2)CC1)c1ccccc1. The van der Waals surface area contributed by atoms with Crippen LogP contribution in [0.5, 0.6) is 0 Å². The smallest absolute Gasteiger partial charge is 0.253 e. The van der Waals surface area contributed by atoms with Crippen molar-refractivity contribution in [3.8, 4) is 11.1 Å². The van der Waals surface area contributed by atoms with E-state index < -0.39 is 0 Å². The second kappa shape index (κ2) is 10.1. The van der Waals surface area contributed by atoms with E-state index in [4.69, 9.17) is 0 Å². The summed E-state index contributed by atoms with van der Waals surface area (Å²) < 4.78 is 0. The molecule has 0 bridgehead atoms. The Kier molecular flexibility index (Phi) is 6.57. The Morgan fingerprint density at radius 3 is 2.29 bits per heavy atom. The number of nitrogens with zero attached hydrogens (tertiary/aromatic N) is 3. The lowest BCUT2D eigenvalue weighted by molar-refractivity contribution is -0.132. The minimum atomic E-state index is -0.186. The normalized spacial score (nSPS) is 15.0. The van der Waals surface area contributed by atoms with Gasteiger partial charge in [0.05, 0.1) is 11.4 Å². The van der Waals surface area contributed by atoms with Crippen LogP contribution in [0.4, 0.5) is 0 Å². The Morgan fingerprint density at radius 1 is 0.771 bits per heavy atom. The van der Waals surface area contributed by atoms with Gasteiger partial charge in [-0.25, -0.2) is 0 Å². The fourth-order valence-electron chi connectivity index (χ4n) is 4.81. The van der Waals surface area contributed by atoms with Gasteiger partial charge in [-0.05, 0) is 42.7 Å². The van der Waals surface area contributed by atoms with Crippen molar-refractivity contribution in [3.63, 3.8) is 0 Å². The molecule has 3 aromatic carbocycles. The minimum absolute atomic E-state index is 0.0120. The van der Waals surface area contributed by atoms with E-state index >= 15 is 0 Å². The zero-order chi connectivity index (χ0) is 24.2. The van der Waals surface area contributed by atoms with E-state index in [1.807, 2.05) is 83.5 Å². The van der Waals surface area contributed by atoms with Gasteiger partial charge in [-0.1, -0.05) is 66.7 Å². The minimum Gasteiger partial charge on any atom is -0.340 e. The molecule has 2 heterocycles. The standard InChI is InChI=1S/C30H29N3O2/c1-22(23-8-3-2-4-9-23)29(34)32-18-7-19-33(21-20-32)30(35)26-15-13-24(14-16-26)27-12-5-10-25-11-6-17-31-28(25)27/h2-6,8-17,22H,7,18-21H2,1H3. The topological polar surface area (TPSA) is 53.5 Å². The maximum absolute atomic E-state index is 13.3. The molecule has 5 nitrogen and oxygen atoms in total. The fourth-order valence-corrected chi connectivity index (χ4v) is 4.81. The maximum atomic E-state index is 13.3. The highest BCUT2D eigenvalue weighted by Crippen LogP contribution is 2.27. The van der Waals surface area contributed by atoms with Crippen LogP contribution < -0.4 is 0 Å². The molecule has 0 radical (unpaired) electrons. The van der Waals surface area contributed by atoms with Gasteiger partial charge in [0.15, 0.2) is 0 Å². The van der Waals surface area contributed by atoms with Crippen LogP contribution in [0.1, 0.15) is 35.2 Å². The van der Waals surface area contributed by atoms with Crippen molar-refractivity contribution in [2.24, 2.45) is 0 Å². The molecular formula is C30H29N3O2. The summed E-state index contributed by atoms with van der Waals surface area (Å²) in [6, 6.07) is 27.8. The largest absolute Gasteiger partial charge is 0.340 e. The van der Waals surface area contributed by atoms with E-state index in [1.165, 1.54) is 0 Å². The monoisotopic (exact) mass is 463 g/mol. The Hall–Kier alpha value is -3.99. The Labute approximate surface area is 206 Å². The number of aromatic nitrogens is 1. The summed E-state index contributed by atoms with van der Waals surface area (Å²) in [5, 5.41) is 1.09. The van der Waals surface area contributed by atoms with Crippen molar-refractivity contribution in [2.45, 2.75) is 19.3 Å². The first-order valence-electron chi connectivity index (χ1n) is 12.2. The zero-order valence-corrected chi connectivity index (χ0v) is 19.9. The average Bonchev–Trinajstić information content (AvgIpc) is 3.18. The number of fused-ring (bicyclic) bond motifs is 1. The third-order valence-corrected chi connectivity index (χ3v) is 6.84. The van der Waals surface area contributed by atoms with Gasteiger partial charge >= 0.3 is 0 Å².